The Bertz CT molecular complexity index is 928. The van der Waals surface area contributed by atoms with Crippen LogP contribution in [0.3, 0.4) is 0 Å². The van der Waals surface area contributed by atoms with E-state index in [-0.39, 0.29) is 26.2 Å². The van der Waals surface area contributed by atoms with Crippen molar-refractivity contribution in [2.45, 2.75) is 58.4 Å². The molecule has 2 atom stereocenters. The molecule has 0 unspecified atom stereocenters. The number of piperazine rings is 1. The van der Waals surface area contributed by atoms with Gasteiger partial charge in [0.05, 0.1) is 13.5 Å². The van der Waals surface area contributed by atoms with Crippen LogP contribution in [0.1, 0.15) is 39.7 Å². The minimum atomic E-state index is -1.18. The van der Waals surface area contributed by atoms with Gasteiger partial charge in [-0.05, 0) is 33.3 Å². The summed E-state index contributed by atoms with van der Waals surface area (Å²) in [4.78, 5) is 65.0. The summed E-state index contributed by atoms with van der Waals surface area (Å²) in [7, 11) is 1.17. The van der Waals surface area contributed by atoms with E-state index in [9.17, 15) is 24.0 Å². The number of nitrogens with zero attached hydrogens (tertiary/aromatic N) is 2. The lowest BCUT2D eigenvalue weighted by Crippen LogP contribution is -2.62. The Morgan fingerprint density at radius 3 is 2.34 bits per heavy atom. The summed E-state index contributed by atoms with van der Waals surface area (Å²) in [5.41, 5.74) is 0.0611. The third-order valence-corrected chi connectivity index (χ3v) is 5.11. The van der Waals surface area contributed by atoms with E-state index in [4.69, 9.17) is 9.47 Å². The Balaban J connectivity index is 2.04. The van der Waals surface area contributed by atoms with Crippen LogP contribution in [-0.4, -0.2) is 84.1 Å². The summed E-state index contributed by atoms with van der Waals surface area (Å²) in [6.45, 7) is 6.43. The predicted octanol–water partition coefficient (Wildman–Crippen LogP) is 1.25. The molecule has 1 aliphatic heterocycles. The van der Waals surface area contributed by atoms with Crippen molar-refractivity contribution in [1.29, 1.82) is 0 Å². The molecule has 0 spiro atoms. The summed E-state index contributed by atoms with van der Waals surface area (Å²) in [6.07, 6.45) is -1.19. The standard InChI is InChI=1S/C24H33N3O8/c1-16(25-23(32)34-15-17-9-7-6-8-10-17)21(30)27-12-11-26(14-20(29)35-24(2,3)4)22(31)18(27)13-19(28)33-5/h6-10,16,18H,11-15H2,1-5H3,(H,25,32)/t16-,18-/m0/s1. The maximum atomic E-state index is 13.1. The van der Waals surface area contributed by atoms with Gasteiger partial charge in [-0.15, -0.1) is 0 Å². The van der Waals surface area contributed by atoms with Crippen LogP contribution in [0.25, 0.3) is 0 Å². The minimum absolute atomic E-state index is 0.0281. The van der Waals surface area contributed by atoms with E-state index in [1.807, 2.05) is 18.2 Å². The van der Waals surface area contributed by atoms with Crippen LogP contribution in [0.2, 0.25) is 0 Å². The Labute approximate surface area is 204 Å². The number of hydrogen-bond donors (Lipinski definition) is 1. The molecule has 11 nitrogen and oxygen atoms in total. The molecular weight excluding hydrogens is 458 g/mol. The molecule has 0 aromatic heterocycles. The number of rotatable bonds is 8. The lowest BCUT2D eigenvalue weighted by atomic mass is 10.1. The Kier molecular flexibility index (Phi) is 9.61. The normalized spacial score (nSPS) is 16.8. The maximum Gasteiger partial charge on any atom is 0.408 e. The van der Waals surface area contributed by atoms with Crippen LogP contribution >= 0.6 is 0 Å². The highest BCUT2D eigenvalue weighted by Gasteiger charge is 2.41. The van der Waals surface area contributed by atoms with E-state index in [1.54, 1.807) is 32.9 Å². The molecule has 1 aromatic rings. The first-order valence-electron chi connectivity index (χ1n) is 11.3. The maximum absolute atomic E-state index is 13.1. The molecular formula is C24H33N3O8. The third-order valence-electron chi connectivity index (χ3n) is 5.11. The molecule has 11 heteroatoms. The number of alkyl carbamates (subject to hydrolysis) is 1. The van der Waals surface area contributed by atoms with Crippen molar-refractivity contribution in [3.8, 4) is 0 Å². The van der Waals surface area contributed by atoms with Gasteiger partial charge in [0, 0.05) is 13.1 Å². The quantitative estimate of drug-likeness (QED) is 0.425. The van der Waals surface area contributed by atoms with Gasteiger partial charge >= 0.3 is 18.0 Å². The predicted molar refractivity (Wildman–Crippen MR) is 124 cm³/mol. The Morgan fingerprint density at radius 1 is 1.09 bits per heavy atom. The van der Waals surface area contributed by atoms with Gasteiger partial charge in [-0.25, -0.2) is 4.79 Å². The molecule has 1 aromatic carbocycles. The largest absolute Gasteiger partial charge is 0.469 e. The van der Waals surface area contributed by atoms with E-state index < -0.39 is 54.0 Å². The van der Waals surface area contributed by atoms with Crippen molar-refractivity contribution < 1.29 is 38.2 Å². The summed E-state index contributed by atoms with van der Waals surface area (Å²) in [6, 6.07) is 6.83. The lowest BCUT2D eigenvalue weighted by Gasteiger charge is -2.41. The number of methoxy groups -OCH3 is 1. The fourth-order valence-corrected chi connectivity index (χ4v) is 3.48. The monoisotopic (exact) mass is 491 g/mol. The Hall–Kier alpha value is -3.63. The lowest BCUT2D eigenvalue weighted by molar-refractivity contribution is -0.164. The van der Waals surface area contributed by atoms with E-state index in [0.29, 0.717) is 0 Å². The topological polar surface area (TPSA) is 132 Å². The number of ether oxygens (including phenoxy) is 3. The van der Waals surface area contributed by atoms with Crippen molar-refractivity contribution in [3.05, 3.63) is 35.9 Å². The molecule has 2 rings (SSSR count). The van der Waals surface area contributed by atoms with E-state index in [0.717, 1.165) is 5.56 Å². The van der Waals surface area contributed by atoms with Gasteiger partial charge < -0.3 is 29.3 Å². The van der Waals surface area contributed by atoms with Crippen LogP contribution in [0.4, 0.5) is 4.79 Å². The molecule has 1 saturated heterocycles. The summed E-state index contributed by atoms with van der Waals surface area (Å²) >= 11 is 0. The molecule has 0 saturated carbocycles. The van der Waals surface area contributed by atoms with Gasteiger partial charge in [0.25, 0.3) is 0 Å². The van der Waals surface area contributed by atoms with Crippen molar-refractivity contribution in [2.75, 3.05) is 26.7 Å². The second-order valence-electron chi connectivity index (χ2n) is 9.10. The van der Waals surface area contributed by atoms with Crippen molar-refractivity contribution >= 4 is 29.8 Å². The molecule has 192 valence electrons. The fraction of sp³-hybridized carbons (Fsp3) is 0.542. The first-order chi connectivity index (χ1) is 16.4. The number of carbonyl (C=O) groups is 5. The summed E-state index contributed by atoms with van der Waals surface area (Å²) < 4.78 is 15.1. The van der Waals surface area contributed by atoms with Crippen molar-refractivity contribution in [1.82, 2.24) is 15.1 Å². The highest BCUT2D eigenvalue weighted by atomic mass is 16.6. The molecule has 35 heavy (non-hydrogen) atoms. The van der Waals surface area contributed by atoms with Gasteiger partial charge in [-0.2, -0.15) is 0 Å². The number of nitrogens with one attached hydrogen (secondary N) is 1. The van der Waals surface area contributed by atoms with E-state index in [1.165, 1.54) is 23.8 Å². The second kappa shape index (κ2) is 12.2. The second-order valence-corrected chi connectivity index (χ2v) is 9.10. The molecule has 1 aliphatic rings. The van der Waals surface area contributed by atoms with E-state index in [2.05, 4.69) is 10.1 Å². The molecule has 1 fully saturated rings. The highest BCUT2D eigenvalue weighted by molar-refractivity contribution is 5.95. The van der Waals surface area contributed by atoms with Gasteiger partial charge in [0.1, 0.15) is 30.8 Å². The van der Waals surface area contributed by atoms with Gasteiger partial charge in [-0.1, -0.05) is 30.3 Å². The highest BCUT2D eigenvalue weighted by Crippen LogP contribution is 2.18. The zero-order chi connectivity index (χ0) is 26.2. The van der Waals surface area contributed by atoms with E-state index >= 15 is 0 Å². The van der Waals surface area contributed by atoms with Gasteiger partial charge in [-0.3, -0.25) is 19.2 Å². The fourth-order valence-electron chi connectivity index (χ4n) is 3.48. The van der Waals surface area contributed by atoms with Crippen molar-refractivity contribution in [3.63, 3.8) is 0 Å². The summed E-state index contributed by atoms with van der Waals surface area (Å²) in [5, 5.41) is 2.45. The zero-order valence-electron chi connectivity index (χ0n) is 20.7. The first-order valence-corrected chi connectivity index (χ1v) is 11.3. The van der Waals surface area contributed by atoms with Gasteiger partial charge in [0.2, 0.25) is 11.8 Å². The van der Waals surface area contributed by atoms with Crippen LogP contribution < -0.4 is 5.32 Å². The van der Waals surface area contributed by atoms with Crippen LogP contribution in [-0.2, 0) is 40.0 Å². The van der Waals surface area contributed by atoms with Crippen LogP contribution in [0.5, 0.6) is 0 Å². The van der Waals surface area contributed by atoms with Crippen LogP contribution in [0, 0.1) is 0 Å². The molecule has 0 bridgehead atoms. The molecule has 1 N–H and O–H groups in total. The van der Waals surface area contributed by atoms with Gasteiger partial charge in [0.15, 0.2) is 0 Å². The smallest absolute Gasteiger partial charge is 0.408 e. The Morgan fingerprint density at radius 2 is 1.74 bits per heavy atom. The molecule has 0 aliphatic carbocycles. The summed E-state index contributed by atoms with van der Waals surface area (Å²) in [5.74, 6) is -2.44. The number of benzene rings is 1. The SMILES string of the molecule is COC(=O)C[C@H]1C(=O)N(CC(=O)OC(C)(C)C)CCN1C(=O)[C@H](C)NC(=O)OCc1ccccc1. The van der Waals surface area contributed by atoms with Crippen LogP contribution in [0.15, 0.2) is 30.3 Å². The first kappa shape index (κ1) is 27.6. The molecule has 1 heterocycles. The average molecular weight is 492 g/mol. The number of hydrogen-bond acceptors (Lipinski definition) is 8. The minimum Gasteiger partial charge on any atom is -0.469 e. The molecule has 0 radical (unpaired) electrons. The molecule has 3 amide bonds. The van der Waals surface area contributed by atoms with Crippen molar-refractivity contribution in [2.24, 2.45) is 0 Å². The third kappa shape index (κ3) is 8.58. The zero-order valence-corrected chi connectivity index (χ0v) is 20.7. The number of amides is 3. The number of esters is 2. The average Bonchev–Trinajstić information content (AvgIpc) is 2.79. The number of carbonyl (C=O) groups excluding carboxylic acids is 5.